The molecule has 2 amide bonds. The summed E-state index contributed by atoms with van der Waals surface area (Å²) < 4.78 is 27.2. The minimum atomic E-state index is -3.79. The smallest absolute Gasteiger partial charge is 0.269 e. The lowest BCUT2D eigenvalue weighted by Crippen LogP contribution is -2.34. The van der Waals surface area contributed by atoms with E-state index < -0.39 is 27.9 Å². The number of halogens is 1. The minimum Gasteiger partial charge on any atom is -0.269 e. The Morgan fingerprint density at radius 1 is 1.15 bits per heavy atom. The molecule has 2 aromatic carbocycles. The fourth-order valence-electron chi connectivity index (χ4n) is 2.81. The van der Waals surface area contributed by atoms with Gasteiger partial charge in [-0.3, -0.25) is 14.3 Å². The predicted molar refractivity (Wildman–Crippen MR) is 123 cm³/mol. The second kappa shape index (κ2) is 9.17. The zero-order valence-electron chi connectivity index (χ0n) is 16.9. The number of carbonyl (C=O) groups is 2. The molecule has 168 valence electrons. The molecule has 13 heteroatoms. The molecule has 0 radical (unpaired) electrons. The molecule has 10 nitrogen and oxygen atoms in total. The summed E-state index contributed by atoms with van der Waals surface area (Å²) in [6, 6.07) is 10.6. The maximum absolute atomic E-state index is 12.7. The topological polar surface area (TPSA) is 134 Å². The highest BCUT2D eigenvalue weighted by Gasteiger charge is 2.38. The Morgan fingerprint density at radius 2 is 1.85 bits per heavy atom. The predicted octanol–water partition coefficient (Wildman–Crippen LogP) is 4.11. The lowest BCUT2D eigenvalue weighted by atomic mass is 10.2. The molecule has 0 saturated carbocycles. The molecule has 3 aromatic rings. The normalized spacial score (nSPS) is 16.3. The lowest BCUT2D eigenvalue weighted by Gasteiger charge is -2.10. The van der Waals surface area contributed by atoms with Gasteiger partial charge >= 0.3 is 0 Å². The van der Waals surface area contributed by atoms with E-state index in [-0.39, 0.29) is 15.6 Å². The molecule has 1 N–H and O–H groups in total. The number of azo groups is 1. The third-order valence-corrected chi connectivity index (χ3v) is 6.89. The largest absolute Gasteiger partial charge is 0.282 e. The fraction of sp³-hybridized carbons (Fsp3) is 0.100. The number of nitrogens with zero attached hydrogens (tertiary/aromatic N) is 5. The van der Waals surface area contributed by atoms with E-state index in [9.17, 15) is 18.0 Å². The van der Waals surface area contributed by atoms with Crippen molar-refractivity contribution in [2.24, 2.45) is 15.3 Å². The molecule has 2 heterocycles. The van der Waals surface area contributed by atoms with Gasteiger partial charge in [0.15, 0.2) is 11.2 Å². The van der Waals surface area contributed by atoms with Gasteiger partial charge in [0.1, 0.15) is 0 Å². The van der Waals surface area contributed by atoms with Crippen molar-refractivity contribution < 1.29 is 18.0 Å². The number of hydrogen-bond donors (Lipinski definition) is 1. The number of imide groups is 1. The average molecular weight is 503 g/mol. The van der Waals surface area contributed by atoms with Crippen molar-refractivity contribution in [1.82, 2.24) is 9.99 Å². The van der Waals surface area contributed by atoms with E-state index in [1.807, 2.05) is 0 Å². The van der Waals surface area contributed by atoms with Gasteiger partial charge in [0.05, 0.1) is 16.3 Å². The van der Waals surface area contributed by atoms with Crippen LogP contribution in [0.15, 0.2) is 80.3 Å². The van der Waals surface area contributed by atoms with Gasteiger partial charge in [0.25, 0.3) is 21.8 Å². The van der Waals surface area contributed by atoms with Gasteiger partial charge in [-0.05, 0) is 55.5 Å². The first-order chi connectivity index (χ1) is 15.7. The highest BCUT2D eigenvalue weighted by molar-refractivity contribution is 7.93. The molecule has 0 bridgehead atoms. The Kier molecular flexibility index (Phi) is 6.31. The zero-order chi connectivity index (χ0) is 23.6. The van der Waals surface area contributed by atoms with Crippen molar-refractivity contribution in [3.05, 3.63) is 70.7 Å². The summed E-state index contributed by atoms with van der Waals surface area (Å²) in [5.41, 5.74) is 0.884. The van der Waals surface area contributed by atoms with Crippen molar-refractivity contribution in [3.63, 3.8) is 0 Å². The van der Waals surface area contributed by atoms with Crippen molar-refractivity contribution >= 4 is 61.3 Å². The van der Waals surface area contributed by atoms with Crippen LogP contribution in [-0.4, -0.2) is 42.0 Å². The lowest BCUT2D eigenvalue weighted by molar-refractivity contribution is -0.127. The van der Waals surface area contributed by atoms with Crippen LogP contribution in [-0.2, 0) is 14.8 Å². The molecule has 1 atom stereocenters. The Labute approximate surface area is 197 Å². The summed E-state index contributed by atoms with van der Waals surface area (Å²) in [5, 5.41) is 15.2. The van der Waals surface area contributed by atoms with E-state index in [0.29, 0.717) is 16.4 Å². The number of amides is 2. The van der Waals surface area contributed by atoms with Crippen LogP contribution in [0.2, 0.25) is 5.02 Å². The molecule has 4 rings (SSSR count). The number of sulfonamides is 1. The van der Waals surface area contributed by atoms with Crippen LogP contribution >= 0.6 is 22.9 Å². The molecule has 1 aliphatic heterocycles. The van der Waals surface area contributed by atoms with Crippen LogP contribution in [0.3, 0.4) is 0 Å². The quantitative estimate of drug-likeness (QED) is 0.400. The standard InChI is InChI=1S/C20H15ClN6O4S2/c1-12-17(19(29)27(25-12)18(28)13-2-4-14(21)5-3-13)24-23-15-6-8-16(9-7-15)33(30,31)26-20-22-10-11-32-20/h2-11,17H,1H3,(H,22,26). The van der Waals surface area contributed by atoms with Crippen molar-refractivity contribution in [3.8, 4) is 0 Å². The number of carbonyl (C=O) groups excluding carboxylic acids is 2. The first-order valence-corrected chi connectivity index (χ1v) is 12.1. The van der Waals surface area contributed by atoms with Crippen LogP contribution in [0.25, 0.3) is 0 Å². The summed E-state index contributed by atoms with van der Waals surface area (Å²) >= 11 is 6.99. The molecule has 33 heavy (non-hydrogen) atoms. The van der Waals surface area contributed by atoms with E-state index >= 15 is 0 Å². The number of benzene rings is 2. The molecular weight excluding hydrogens is 488 g/mol. The van der Waals surface area contributed by atoms with Crippen LogP contribution < -0.4 is 4.72 Å². The van der Waals surface area contributed by atoms with Gasteiger partial charge in [-0.25, -0.2) is 13.4 Å². The Morgan fingerprint density at radius 3 is 2.48 bits per heavy atom. The summed E-state index contributed by atoms with van der Waals surface area (Å²) in [7, 11) is -3.79. The van der Waals surface area contributed by atoms with Gasteiger partial charge in [-0.15, -0.1) is 11.3 Å². The molecule has 1 aromatic heterocycles. The minimum absolute atomic E-state index is 0.0195. The SMILES string of the molecule is CC1=NN(C(=O)c2ccc(Cl)cc2)C(=O)C1N=Nc1ccc(S(=O)(=O)Nc2nccs2)cc1. The number of thiazole rings is 1. The van der Waals surface area contributed by atoms with Gasteiger partial charge in [-0.2, -0.15) is 20.3 Å². The number of hydrazone groups is 1. The van der Waals surface area contributed by atoms with E-state index in [4.69, 9.17) is 11.6 Å². The number of anilines is 1. The van der Waals surface area contributed by atoms with Gasteiger partial charge in [-0.1, -0.05) is 11.6 Å². The Balaban J connectivity index is 1.45. The highest BCUT2D eigenvalue weighted by atomic mass is 35.5. The summed E-state index contributed by atoms with van der Waals surface area (Å²) in [4.78, 5) is 29.2. The molecule has 0 saturated heterocycles. The Bertz CT molecular complexity index is 1350. The second-order valence-electron chi connectivity index (χ2n) is 6.76. The van der Waals surface area contributed by atoms with E-state index in [1.54, 1.807) is 24.4 Å². The molecule has 0 spiro atoms. The molecule has 0 aliphatic carbocycles. The highest BCUT2D eigenvalue weighted by Crippen LogP contribution is 2.23. The van der Waals surface area contributed by atoms with Crippen LogP contribution in [0, 0.1) is 0 Å². The summed E-state index contributed by atoms with van der Waals surface area (Å²) in [6.07, 6.45) is 1.49. The zero-order valence-corrected chi connectivity index (χ0v) is 19.3. The maximum atomic E-state index is 12.7. The van der Waals surface area contributed by atoms with Gasteiger partial charge in [0, 0.05) is 22.2 Å². The van der Waals surface area contributed by atoms with Crippen molar-refractivity contribution in [1.29, 1.82) is 0 Å². The number of nitrogens with one attached hydrogen (secondary N) is 1. The summed E-state index contributed by atoms with van der Waals surface area (Å²) in [6.45, 7) is 1.57. The maximum Gasteiger partial charge on any atom is 0.282 e. The second-order valence-corrected chi connectivity index (χ2v) is 9.77. The van der Waals surface area contributed by atoms with E-state index in [2.05, 4.69) is 25.0 Å². The first-order valence-electron chi connectivity index (χ1n) is 9.37. The fourth-order valence-corrected chi connectivity index (χ4v) is 4.73. The van der Waals surface area contributed by atoms with Gasteiger partial charge < -0.3 is 0 Å². The monoisotopic (exact) mass is 502 g/mol. The third kappa shape index (κ3) is 4.97. The van der Waals surface area contributed by atoms with Crippen LogP contribution in [0.1, 0.15) is 17.3 Å². The van der Waals surface area contributed by atoms with Crippen LogP contribution in [0.5, 0.6) is 0 Å². The Hall–Kier alpha value is -3.48. The van der Waals surface area contributed by atoms with Crippen molar-refractivity contribution in [2.75, 3.05) is 4.72 Å². The number of rotatable bonds is 6. The number of hydrogen-bond acceptors (Lipinski definition) is 9. The summed E-state index contributed by atoms with van der Waals surface area (Å²) in [5.74, 6) is -1.24. The van der Waals surface area contributed by atoms with Gasteiger partial charge in [0.2, 0.25) is 0 Å². The molecule has 1 unspecified atom stereocenters. The van der Waals surface area contributed by atoms with Crippen molar-refractivity contribution in [2.45, 2.75) is 17.9 Å². The average Bonchev–Trinajstić information content (AvgIpc) is 3.40. The third-order valence-electron chi connectivity index (χ3n) is 4.47. The first kappa shape index (κ1) is 22.7. The van der Waals surface area contributed by atoms with E-state index in [1.165, 1.54) is 42.6 Å². The van der Waals surface area contributed by atoms with E-state index in [0.717, 1.165) is 16.3 Å². The molecule has 0 fully saturated rings. The molecular formula is C20H15ClN6O4S2. The number of aromatic nitrogens is 1. The van der Waals surface area contributed by atoms with Crippen LogP contribution in [0.4, 0.5) is 10.8 Å². The molecule has 1 aliphatic rings.